The summed E-state index contributed by atoms with van der Waals surface area (Å²) in [6.45, 7) is 3.39. The van der Waals surface area contributed by atoms with Crippen LogP contribution in [0.2, 0.25) is 0 Å². The predicted molar refractivity (Wildman–Crippen MR) is 92.4 cm³/mol. The Morgan fingerprint density at radius 1 is 1.26 bits per heavy atom. The molecule has 1 aromatic carbocycles. The van der Waals surface area contributed by atoms with E-state index in [0.29, 0.717) is 17.9 Å². The number of benzene rings is 1. The van der Waals surface area contributed by atoms with E-state index in [2.05, 4.69) is 11.0 Å². The molecule has 2 saturated heterocycles. The zero-order chi connectivity index (χ0) is 14.7. The van der Waals surface area contributed by atoms with E-state index >= 15 is 0 Å². The fourth-order valence-electron chi connectivity index (χ4n) is 5.30. The topological polar surface area (TPSA) is 32.7 Å². The fourth-order valence-corrected chi connectivity index (χ4v) is 5.30. The minimum Gasteiger partial charge on any atom is -0.508 e. The van der Waals surface area contributed by atoms with Crippen molar-refractivity contribution < 1.29 is 9.84 Å². The summed E-state index contributed by atoms with van der Waals surface area (Å²) >= 11 is 0. The van der Waals surface area contributed by atoms with Crippen LogP contribution in [-0.2, 0) is 16.6 Å². The Kier molecular flexibility index (Phi) is 3.86. The summed E-state index contributed by atoms with van der Waals surface area (Å²) in [5.74, 6) is 1.36. The number of nitrogens with zero attached hydrogens (tertiary/aromatic N) is 1. The van der Waals surface area contributed by atoms with Gasteiger partial charge in [0.05, 0.1) is 6.10 Å². The lowest BCUT2D eigenvalue weighted by Gasteiger charge is -2.58. The highest BCUT2D eigenvalue weighted by Crippen LogP contribution is 2.52. The minimum atomic E-state index is 0. The summed E-state index contributed by atoms with van der Waals surface area (Å²) in [4.78, 5) is 2.72. The first-order valence-corrected chi connectivity index (χ1v) is 8.94. The van der Waals surface area contributed by atoms with E-state index in [1.807, 2.05) is 12.1 Å². The van der Waals surface area contributed by atoms with E-state index in [-0.39, 0.29) is 17.8 Å². The maximum absolute atomic E-state index is 10.0. The van der Waals surface area contributed by atoms with E-state index in [4.69, 9.17) is 4.74 Å². The van der Waals surface area contributed by atoms with Crippen molar-refractivity contribution >= 4 is 12.4 Å². The number of ether oxygens (including phenoxy) is 1. The zero-order valence-electron chi connectivity index (χ0n) is 13.5. The Morgan fingerprint density at radius 3 is 2.96 bits per heavy atom. The van der Waals surface area contributed by atoms with Gasteiger partial charge in [0.15, 0.2) is 0 Å². The third-order valence-corrected chi connectivity index (χ3v) is 6.52. The summed E-state index contributed by atoms with van der Waals surface area (Å²) in [6.07, 6.45) is 7.84. The Hall–Kier alpha value is -0.770. The molecule has 0 amide bonds. The van der Waals surface area contributed by atoms with Gasteiger partial charge in [-0.25, -0.2) is 0 Å². The minimum absolute atomic E-state index is 0. The number of phenols is 1. The van der Waals surface area contributed by atoms with Crippen LogP contribution in [0.4, 0.5) is 0 Å². The molecule has 1 saturated carbocycles. The van der Waals surface area contributed by atoms with Gasteiger partial charge in [-0.05, 0) is 74.2 Å². The average Bonchev–Trinajstić information content (AvgIpc) is 3.35. The summed E-state index contributed by atoms with van der Waals surface area (Å²) in [7, 11) is 0. The van der Waals surface area contributed by atoms with Crippen molar-refractivity contribution in [3.63, 3.8) is 0 Å². The van der Waals surface area contributed by atoms with Crippen molar-refractivity contribution in [2.24, 2.45) is 5.92 Å². The second kappa shape index (κ2) is 5.65. The van der Waals surface area contributed by atoms with Crippen molar-refractivity contribution in [3.05, 3.63) is 29.3 Å². The molecular weight excluding hydrogens is 310 g/mol. The van der Waals surface area contributed by atoms with Crippen molar-refractivity contribution in [3.8, 4) is 5.75 Å². The van der Waals surface area contributed by atoms with Gasteiger partial charge in [0.2, 0.25) is 0 Å². The number of piperidine rings is 1. The molecule has 3 nitrogen and oxygen atoms in total. The highest BCUT2D eigenvalue weighted by molar-refractivity contribution is 5.85. The van der Waals surface area contributed by atoms with Gasteiger partial charge in [-0.2, -0.15) is 0 Å². The van der Waals surface area contributed by atoms with Gasteiger partial charge in [0.1, 0.15) is 5.75 Å². The van der Waals surface area contributed by atoms with Crippen LogP contribution < -0.4 is 0 Å². The van der Waals surface area contributed by atoms with Crippen molar-refractivity contribution in [1.82, 2.24) is 4.90 Å². The standard InChI is InChI=1S/C19H25NO2.ClH/c21-15-5-4-14-10-17-18-19(16(14)11-15,6-1-9-22-18)7-8-20(17)12-13-2-3-13;/h4-5,11,13,17-18,21H,1-3,6-10,12H2;1H/t17-,18+,19+;/m1./s1. The van der Waals surface area contributed by atoms with Gasteiger partial charge in [0.25, 0.3) is 0 Å². The molecule has 23 heavy (non-hydrogen) atoms. The van der Waals surface area contributed by atoms with E-state index in [0.717, 1.165) is 25.4 Å². The normalized spacial score (nSPS) is 35.8. The predicted octanol–water partition coefficient (Wildman–Crippen LogP) is 3.27. The largest absolute Gasteiger partial charge is 0.508 e. The summed E-state index contributed by atoms with van der Waals surface area (Å²) in [5.41, 5.74) is 3.00. The third-order valence-electron chi connectivity index (χ3n) is 6.52. The molecule has 0 aromatic heterocycles. The fraction of sp³-hybridized carbons (Fsp3) is 0.684. The van der Waals surface area contributed by atoms with Crippen LogP contribution in [0.5, 0.6) is 5.75 Å². The van der Waals surface area contributed by atoms with Gasteiger partial charge in [-0.15, -0.1) is 12.4 Å². The van der Waals surface area contributed by atoms with Crippen molar-refractivity contribution in [2.75, 3.05) is 19.7 Å². The zero-order valence-corrected chi connectivity index (χ0v) is 14.4. The van der Waals surface area contributed by atoms with Crippen LogP contribution in [0.25, 0.3) is 0 Å². The molecule has 4 heteroatoms. The number of likely N-dealkylation sites (tertiary alicyclic amines) is 1. The van der Waals surface area contributed by atoms with Crippen LogP contribution in [0.1, 0.15) is 43.2 Å². The number of aromatic hydroxyl groups is 1. The number of hydrogen-bond acceptors (Lipinski definition) is 3. The second-order valence-corrected chi connectivity index (χ2v) is 7.85. The van der Waals surface area contributed by atoms with Crippen LogP contribution in [0.15, 0.2) is 18.2 Å². The highest BCUT2D eigenvalue weighted by Gasteiger charge is 2.55. The first-order chi connectivity index (χ1) is 10.8. The molecule has 2 heterocycles. The molecule has 2 bridgehead atoms. The SMILES string of the molecule is Cl.Oc1ccc2c(c1)[C@@]13CCCO[C@H]1[C@@H](C2)N(CC1CC1)CC3. The first kappa shape index (κ1) is 15.7. The van der Waals surface area contributed by atoms with Gasteiger partial charge in [-0.3, -0.25) is 4.90 Å². The Labute approximate surface area is 144 Å². The maximum atomic E-state index is 10.0. The molecule has 0 spiro atoms. The number of halogens is 1. The van der Waals surface area contributed by atoms with E-state index < -0.39 is 0 Å². The summed E-state index contributed by atoms with van der Waals surface area (Å²) in [6, 6.07) is 6.60. The molecular formula is C19H26ClNO2. The maximum Gasteiger partial charge on any atom is 0.115 e. The molecule has 0 unspecified atom stereocenters. The van der Waals surface area contributed by atoms with Gasteiger partial charge in [-0.1, -0.05) is 6.07 Å². The molecule has 126 valence electrons. The van der Waals surface area contributed by atoms with E-state index in [9.17, 15) is 5.11 Å². The molecule has 1 aromatic rings. The van der Waals surface area contributed by atoms with Gasteiger partial charge < -0.3 is 9.84 Å². The molecule has 0 radical (unpaired) electrons. The van der Waals surface area contributed by atoms with Crippen LogP contribution in [-0.4, -0.2) is 41.8 Å². The third kappa shape index (κ3) is 2.40. The quantitative estimate of drug-likeness (QED) is 0.900. The Balaban J connectivity index is 0.00000135. The molecule has 3 fully saturated rings. The molecule has 2 aliphatic heterocycles. The van der Waals surface area contributed by atoms with E-state index in [1.165, 1.54) is 49.9 Å². The van der Waals surface area contributed by atoms with E-state index in [1.54, 1.807) is 0 Å². The van der Waals surface area contributed by atoms with Crippen LogP contribution in [0, 0.1) is 5.92 Å². The van der Waals surface area contributed by atoms with Gasteiger partial charge in [0, 0.05) is 24.6 Å². The Bertz CT molecular complexity index is 603. The van der Waals surface area contributed by atoms with Crippen molar-refractivity contribution in [2.45, 2.75) is 56.1 Å². The molecule has 4 aliphatic rings. The number of phenolic OH excluding ortho intramolecular Hbond substituents is 1. The molecule has 2 aliphatic carbocycles. The molecule has 1 N–H and O–H groups in total. The summed E-state index contributed by atoms with van der Waals surface area (Å²) < 4.78 is 6.35. The molecule has 3 atom stereocenters. The molecule has 5 rings (SSSR count). The number of hydrogen-bond donors (Lipinski definition) is 1. The monoisotopic (exact) mass is 335 g/mol. The number of rotatable bonds is 2. The van der Waals surface area contributed by atoms with Crippen LogP contribution >= 0.6 is 12.4 Å². The second-order valence-electron chi connectivity index (χ2n) is 7.85. The first-order valence-electron chi connectivity index (χ1n) is 8.94. The number of fused-ring (bicyclic) bond motifs is 1. The lowest BCUT2D eigenvalue weighted by Crippen LogP contribution is -2.65. The lowest BCUT2D eigenvalue weighted by molar-refractivity contribution is -0.128. The lowest BCUT2D eigenvalue weighted by atomic mass is 9.59. The van der Waals surface area contributed by atoms with Crippen LogP contribution in [0.3, 0.4) is 0 Å². The van der Waals surface area contributed by atoms with Gasteiger partial charge >= 0.3 is 0 Å². The average molecular weight is 336 g/mol. The summed E-state index contributed by atoms with van der Waals surface area (Å²) in [5, 5.41) is 10.0. The smallest absolute Gasteiger partial charge is 0.115 e. The highest BCUT2D eigenvalue weighted by atomic mass is 35.5. The van der Waals surface area contributed by atoms with Crippen molar-refractivity contribution in [1.29, 1.82) is 0 Å². The Morgan fingerprint density at radius 2 is 2.13 bits per heavy atom.